The molecule has 1 atom stereocenters. The van der Waals surface area contributed by atoms with Gasteiger partial charge in [-0.1, -0.05) is 37.0 Å². The molecule has 1 saturated carbocycles. The summed E-state index contributed by atoms with van der Waals surface area (Å²) in [4.78, 5) is 0. The lowest BCUT2D eigenvalue weighted by atomic mass is 9.85. The van der Waals surface area contributed by atoms with Crippen molar-refractivity contribution in [1.29, 1.82) is 0 Å². The number of aryl methyl sites for hydroxylation is 1. The molecule has 1 aliphatic rings. The highest BCUT2D eigenvalue weighted by Crippen LogP contribution is 2.31. The Morgan fingerprint density at radius 3 is 2.63 bits per heavy atom. The first-order chi connectivity index (χ1) is 9.00. The van der Waals surface area contributed by atoms with Gasteiger partial charge in [0, 0.05) is 11.6 Å². The predicted octanol–water partition coefficient (Wildman–Crippen LogP) is 3.09. The molecule has 0 bridgehead atoms. The number of hydrogen-bond donors (Lipinski definition) is 2. The number of rotatable bonds is 4. The van der Waals surface area contributed by atoms with Crippen LogP contribution in [0.1, 0.15) is 56.2 Å². The molecule has 2 rings (SSSR count). The lowest BCUT2D eigenvalue weighted by Crippen LogP contribution is -2.38. The maximum Gasteiger partial charge on any atom is 0.124 e. The molecule has 1 aromatic carbocycles. The molecule has 0 unspecified atom stereocenters. The van der Waals surface area contributed by atoms with Crippen LogP contribution in [0.15, 0.2) is 18.2 Å². The van der Waals surface area contributed by atoms with E-state index < -0.39 is 5.60 Å². The van der Waals surface area contributed by atoms with E-state index >= 15 is 0 Å². The summed E-state index contributed by atoms with van der Waals surface area (Å²) >= 11 is 0. The van der Waals surface area contributed by atoms with Gasteiger partial charge in [-0.2, -0.15) is 0 Å². The predicted molar refractivity (Wildman–Crippen MR) is 77.3 cm³/mol. The molecule has 0 spiro atoms. The van der Waals surface area contributed by atoms with Gasteiger partial charge in [0.2, 0.25) is 0 Å². The Labute approximate surface area is 115 Å². The van der Waals surface area contributed by atoms with E-state index in [0.29, 0.717) is 6.61 Å². The molecule has 0 heterocycles. The van der Waals surface area contributed by atoms with Crippen LogP contribution in [-0.4, -0.2) is 17.3 Å². The second-order valence-corrected chi connectivity index (χ2v) is 5.90. The standard InChI is InChI=1S/C16H25NO2/c1-12-6-7-15(14(10-12)13(2)17)19-11-16(18)8-4-3-5-9-16/h6-7,10,13,18H,3-5,8-9,11,17H2,1-2H3/t13-/m0/s1. The summed E-state index contributed by atoms with van der Waals surface area (Å²) in [6, 6.07) is 5.98. The van der Waals surface area contributed by atoms with Gasteiger partial charge in [0.25, 0.3) is 0 Å². The molecule has 3 heteroatoms. The Hall–Kier alpha value is -1.06. The first-order valence-electron chi connectivity index (χ1n) is 7.21. The Kier molecular flexibility index (Phi) is 4.48. The minimum atomic E-state index is -0.655. The Morgan fingerprint density at radius 2 is 2.00 bits per heavy atom. The van der Waals surface area contributed by atoms with Crippen LogP contribution < -0.4 is 10.5 Å². The fourth-order valence-corrected chi connectivity index (χ4v) is 2.72. The summed E-state index contributed by atoms with van der Waals surface area (Å²) in [7, 11) is 0. The van der Waals surface area contributed by atoms with E-state index in [9.17, 15) is 5.11 Å². The zero-order valence-electron chi connectivity index (χ0n) is 12.0. The average Bonchev–Trinajstić information content (AvgIpc) is 2.38. The molecule has 1 aromatic rings. The lowest BCUT2D eigenvalue weighted by molar-refractivity contribution is -0.0341. The van der Waals surface area contributed by atoms with Crippen LogP contribution in [-0.2, 0) is 0 Å². The molecule has 0 aromatic heterocycles. The molecule has 19 heavy (non-hydrogen) atoms. The van der Waals surface area contributed by atoms with E-state index in [2.05, 4.69) is 6.07 Å². The highest BCUT2D eigenvalue weighted by molar-refractivity contribution is 5.38. The molecule has 0 amide bonds. The molecule has 0 saturated heterocycles. The summed E-state index contributed by atoms with van der Waals surface area (Å²) in [6.07, 6.45) is 5.08. The second-order valence-electron chi connectivity index (χ2n) is 5.90. The smallest absolute Gasteiger partial charge is 0.124 e. The molecule has 1 fully saturated rings. The van der Waals surface area contributed by atoms with Crippen LogP contribution in [0.3, 0.4) is 0 Å². The molecule has 1 aliphatic carbocycles. The van der Waals surface area contributed by atoms with E-state index in [1.807, 2.05) is 26.0 Å². The lowest BCUT2D eigenvalue weighted by Gasteiger charge is -2.32. The molecule has 0 radical (unpaired) electrons. The first kappa shape index (κ1) is 14.4. The summed E-state index contributed by atoms with van der Waals surface area (Å²) in [5, 5.41) is 10.5. The Morgan fingerprint density at radius 1 is 1.32 bits per heavy atom. The van der Waals surface area contributed by atoms with Gasteiger partial charge in [0.1, 0.15) is 12.4 Å². The van der Waals surface area contributed by atoms with Crippen molar-refractivity contribution in [3.63, 3.8) is 0 Å². The number of ether oxygens (including phenoxy) is 1. The maximum absolute atomic E-state index is 10.5. The zero-order valence-corrected chi connectivity index (χ0v) is 12.0. The normalized spacial score (nSPS) is 20.0. The maximum atomic E-state index is 10.5. The second kappa shape index (κ2) is 5.93. The van der Waals surface area contributed by atoms with Gasteiger partial charge in [-0.05, 0) is 32.8 Å². The highest BCUT2D eigenvalue weighted by atomic mass is 16.5. The van der Waals surface area contributed by atoms with Crippen LogP contribution >= 0.6 is 0 Å². The van der Waals surface area contributed by atoms with Gasteiger partial charge in [-0.25, -0.2) is 0 Å². The summed E-state index contributed by atoms with van der Waals surface area (Å²) in [5.41, 5.74) is 7.52. The van der Waals surface area contributed by atoms with E-state index in [0.717, 1.165) is 37.0 Å². The number of hydrogen-bond acceptors (Lipinski definition) is 3. The van der Waals surface area contributed by atoms with Gasteiger partial charge in [0.05, 0.1) is 5.60 Å². The summed E-state index contributed by atoms with van der Waals surface area (Å²) in [5.74, 6) is 0.805. The Bertz CT molecular complexity index is 423. The molecule has 106 valence electrons. The van der Waals surface area contributed by atoms with Crippen LogP contribution in [0.5, 0.6) is 5.75 Å². The van der Waals surface area contributed by atoms with Crippen molar-refractivity contribution in [3.8, 4) is 5.75 Å². The SMILES string of the molecule is Cc1ccc(OCC2(O)CCCCC2)c([C@H](C)N)c1. The van der Waals surface area contributed by atoms with Gasteiger partial charge >= 0.3 is 0 Å². The minimum Gasteiger partial charge on any atom is -0.490 e. The van der Waals surface area contributed by atoms with E-state index in [-0.39, 0.29) is 6.04 Å². The summed E-state index contributed by atoms with van der Waals surface area (Å²) < 4.78 is 5.87. The third-order valence-corrected chi connectivity index (χ3v) is 3.94. The highest BCUT2D eigenvalue weighted by Gasteiger charge is 2.30. The topological polar surface area (TPSA) is 55.5 Å². The first-order valence-corrected chi connectivity index (χ1v) is 7.21. The molecule has 3 nitrogen and oxygen atoms in total. The molecular formula is C16H25NO2. The fourth-order valence-electron chi connectivity index (χ4n) is 2.72. The van der Waals surface area contributed by atoms with Crippen molar-refractivity contribution >= 4 is 0 Å². The van der Waals surface area contributed by atoms with Gasteiger partial charge < -0.3 is 15.6 Å². The average molecular weight is 263 g/mol. The van der Waals surface area contributed by atoms with E-state index in [1.165, 1.54) is 12.0 Å². The van der Waals surface area contributed by atoms with E-state index in [4.69, 9.17) is 10.5 Å². The van der Waals surface area contributed by atoms with Gasteiger partial charge in [-0.15, -0.1) is 0 Å². The third-order valence-electron chi connectivity index (χ3n) is 3.94. The van der Waals surface area contributed by atoms with Crippen LogP contribution in [0.25, 0.3) is 0 Å². The van der Waals surface area contributed by atoms with Crippen molar-refractivity contribution in [3.05, 3.63) is 29.3 Å². The molecular weight excluding hydrogens is 238 g/mol. The van der Waals surface area contributed by atoms with Crippen molar-refractivity contribution in [2.45, 2.75) is 57.6 Å². The monoisotopic (exact) mass is 263 g/mol. The van der Waals surface area contributed by atoms with Crippen molar-refractivity contribution in [2.75, 3.05) is 6.61 Å². The number of aliphatic hydroxyl groups is 1. The number of nitrogens with two attached hydrogens (primary N) is 1. The quantitative estimate of drug-likeness (QED) is 0.877. The van der Waals surface area contributed by atoms with Gasteiger partial charge in [-0.3, -0.25) is 0 Å². The Balaban J connectivity index is 2.06. The minimum absolute atomic E-state index is 0.0594. The molecule has 0 aliphatic heterocycles. The third kappa shape index (κ3) is 3.71. The largest absolute Gasteiger partial charge is 0.490 e. The van der Waals surface area contributed by atoms with Crippen LogP contribution in [0, 0.1) is 6.92 Å². The van der Waals surface area contributed by atoms with Crippen molar-refractivity contribution < 1.29 is 9.84 Å². The fraction of sp³-hybridized carbons (Fsp3) is 0.625. The molecule has 3 N–H and O–H groups in total. The van der Waals surface area contributed by atoms with Crippen LogP contribution in [0.4, 0.5) is 0 Å². The van der Waals surface area contributed by atoms with E-state index in [1.54, 1.807) is 0 Å². The van der Waals surface area contributed by atoms with Crippen LogP contribution in [0.2, 0.25) is 0 Å². The number of benzene rings is 1. The van der Waals surface area contributed by atoms with Gasteiger partial charge in [0.15, 0.2) is 0 Å². The zero-order chi connectivity index (χ0) is 13.9. The van der Waals surface area contributed by atoms with Crippen molar-refractivity contribution in [1.82, 2.24) is 0 Å². The van der Waals surface area contributed by atoms with Crippen molar-refractivity contribution in [2.24, 2.45) is 5.73 Å². The summed E-state index contributed by atoms with van der Waals surface area (Å²) in [6.45, 7) is 4.37.